The van der Waals surface area contributed by atoms with E-state index in [0.717, 1.165) is 0 Å². The Morgan fingerprint density at radius 1 is 0.382 bits per heavy atom. The first-order valence-corrected chi connectivity index (χ1v) is 15.2. The van der Waals surface area contributed by atoms with Crippen molar-refractivity contribution in [3.63, 3.8) is 0 Å². The molecule has 34 heavy (non-hydrogen) atoms. The Kier molecular flexibility index (Phi) is 6.25. The van der Waals surface area contributed by atoms with E-state index in [4.69, 9.17) is 17.6 Å². The molecule has 1 nitrogen and oxygen atoms in total. The molecule has 0 bridgehead atoms. The van der Waals surface area contributed by atoms with Gasteiger partial charge >= 0.3 is 0 Å². The number of benzene rings is 4. The van der Waals surface area contributed by atoms with Gasteiger partial charge in [-0.15, -0.1) is 0 Å². The Morgan fingerprint density at radius 2 is 0.647 bits per heavy atom. The lowest BCUT2D eigenvalue weighted by Crippen LogP contribution is -2.31. The summed E-state index contributed by atoms with van der Waals surface area (Å²) in [6.45, 7) is -4.26. The average Bonchev–Trinajstić information content (AvgIpc) is 2.94. The summed E-state index contributed by atoms with van der Waals surface area (Å²) in [6.07, 6.45) is 13.8. The van der Waals surface area contributed by atoms with E-state index in [9.17, 15) is 0 Å². The molecule has 0 atom stereocenters. The number of hydrogen-bond donors (Lipinski definition) is 0. The molecular weight excluding hydrogens is 448 g/mol. The molecule has 1 heterocycles. The molecule has 0 aliphatic carbocycles. The molecular formula is C31H27NP2. The minimum Gasteiger partial charge on any atom is -0.263 e. The molecule has 0 radical (unpaired) electrons. The van der Waals surface area contributed by atoms with Gasteiger partial charge in [0, 0.05) is 23.0 Å². The van der Waals surface area contributed by atoms with Gasteiger partial charge in [-0.25, -0.2) is 0 Å². The molecule has 0 fully saturated rings. The van der Waals surface area contributed by atoms with Gasteiger partial charge in [0.15, 0.2) is 0 Å². The van der Waals surface area contributed by atoms with Crippen LogP contribution in [0.15, 0.2) is 140 Å². The first-order chi connectivity index (χ1) is 16.6. The van der Waals surface area contributed by atoms with Crippen LogP contribution in [-0.4, -0.2) is 17.6 Å². The number of rotatable bonds is 6. The fourth-order valence-electron chi connectivity index (χ4n) is 4.46. The lowest BCUT2D eigenvalue weighted by Gasteiger charge is -2.30. The standard InChI is InChI=1S/C31H27NP2/c1-33(26-15-7-3-8-16-26,27-17-9-4-10-18-27)30-23-31(25-32-24-30)34(2,28-19-11-5-12-20-28)29-21-13-6-14-22-29/h3-25H,1-2H2. The zero-order valence-electron chi connectivity index (χ0n) is 19.0. The van der Waals surface area contributed by atoms with Crippen molar-refractivity contribution >= 4 is 58.2 Å². The third kappa shape index (κ3) is 3.92. The highest BCUT2D eigenvalue weighted by Crippen LogP contribution is 2.44. The van der Waals surface area contributed by atoms with E-state index >= 15 is 0 Å². The molecule has 5 aromatic rings. The largest absolute Gasteiger partial charge is 0.263 e. The quantitative estimate of drug-likeness (QED) is 0.329. The van der Waals surface area contributed by atoms with Gasteiger partial charge < -0.3 is 0 Å². The maximum atomic E-state index is 4.91. The Morgan fingerprint density at radius 3 is 0.912 bits per heavy atom. The van der Waals surface area contributed by atoms with Crippen LogP contribution in [0.2, 0.25) is 0 Å². The van der Waals surface area contributed by atoms with Gasteiger partial charge in [-0.1, -0.05) is 134 Å². The van der Waals surface area contributed by atoms with Crippen molar-refractivity contribution in [3.8, 4) is 0 Å². The van der Waals surface area contributed by atoms with E-state index in [0.29, 0.717) is 0 Å². The molecule has 0 N–H and O–H groups in total. The zero-order valence-corrected chi connectivity index (χ0v) is 20.8. The first kappa shape index (κ1) is 22.4. The monoisotopic (exact) mass is 475 g/mol. The van der Waals surface area contributed by atoms with E-state index in [2.05, 4.69) is 127 Å². The maximum Gasteiger partial charge on any atom is 0.0351 e. The molecule has 166 valence electrons. The third-order valence-corrected chi connectivity index (χ3v) is 13.3. The van der Waals surface area contributed by atoms with Crippen molar-refractivity contribution in [2.24, 2.45) is 0 Å². The molecule has 0 aliphatic rings. The maximum absolute atomic E-state index is 4.91. The topological polar surface area (TPSA) is 12.9 Å². The second-order valence-electron chi connectivity index (χ2n) is 8.36. The van der Waals surface area contributed by atoms with Crippen molar-refractivity contribution in [1.29, 1.82) is 0 Å². The molecule has 0 aliphatic heterocycles. The summed E-state index contributed by atoms with van der Waals surface area (Å²) in [6, 6.07) is 44.9. The van der Waals surface area contributed by atoms with E-state index in [1.165, 1.54) is 31.8 Å². The number of aromatic nitrogens is 1. The van der Waals surface area contributed by atoms with Crippen LogP contribution in [0.25, 0.3) is 0 Å². The van der Waals surface area contributed by atoms with Crippen LogP contribution in [0.5, 0.6) is 0 Å². The van der Waals surface area contributed by atoms with Crippen LogP contribution >= 0.6 is 13.8 Å². The van der Waals surface area contributed by atoms with Crippen LogP contribution in [0.4, 0.5) is 0 Å². The Labute approximate surface area is 202 Å². The van der Waals surface area contributed by atoms with Crippen LogP contribution in [0, 0.1) is 0 Å². The molecule has 0 amide bonds. The minimum absolute atomic E-state index is 1.17. The third-order valence-electron chi connectivity index (χ3n) is 6.38. The van der Waals surface area contributed by atoms with E-state index < -0.39 is 13.8 Å². The Bertz CT molecular complexity index is 1280. The number of pyridine rings is 1. The SMILES string of the molecule is C=P(c1ccccc1)(c1ccccc1)c1cncc(P(=C)(c2ccccc2)c2ccccc2)c1. The molecule has 5 rings (SSSR count). The summed E-state index contributed by atoms with van der Waals surface area (Å²) >= 11 is 0. The number of hydrogen-bond acceptors (Lipinski definition) is 1. The van der Waals surface area contributed by atoms with E-state index in [1.54, 1.807) is 0 Å². The highest BCUT2D eigenvalue weighted by Gasteiger charge is 2.27. The second kappa shape index (κ2) is 9.47. The summed E-state index contributed by atoms with van der Waals surface area (Å²) in [7, 11) is 0. The summed E-state index contributed by atoms with van der Waals surface area (Å²) in [5.74, 6) is 0. The fraction of sp³-hybridized carbons (Fsp3) is 0. The molecule has 3 heteroatoms. The summed E-state index contributed by atoms with van der Waals surface area (Å²) in [5.41, 5.74) is 0. The van der Waals surface area contributed by atoms with E-state index in [1.807, 2.05) is 12.4 Å². The Balaban J connectivity index is 1.76. The van der Waals surface area contributed by atoms with E-state index in [-0.39, 0.29) is 0 Å². The predicted molar refractivity (Wildman–Crippen MR) is 156 cm³/mol. The van der Waals surface area contributed by atoms with Gasteiger partial charge in [0.25, 0.3) is 0 Å². The second-order valence-corrected chi connectivity index (χ2v) is 14.7. The molecule has 4 aromatic carbocycles. The highest BCUT2D eigenvalue weighted by molar-refractivity contribution is 7.94. The van der Waals surface area contributed by atoms with Crippen molar-refractivity contribution in [1.82, 2.24) is 4.98 Å². The molecule has 0 unspecified atom stereocenters. The van der Waals surface area contributed by atoms with Gasteiger partial charge in [0.2, 0.25) is 0 Å². The van der Waals surface area contributed by atoms with Crippen LogP contribution in [0.1, 0.15) is 0 Å². The summed E-state index contributed by atoms with van der Waals surface area (Å²) in [5, 5.41) is 7.31. The average molecular weight is 476 g/mol. The van der Waals surface area contributed by atoms with Crippen molar-refractivity contribution < 1.29 is 0 Å². The molecule has 0 saturated carbocycles. The normalized spacial score (nSPS) is 11.8. The van der Waals surface area contributed by atoms with Crippen LogP contribution in [-0.2, 0) is 0 Å². The van der Waals surface area contributed by atoms with Gasteiger partial charge in [-0.3, -0.25) is 4.98 Å². The summed E-state index contributed by atoms with van der Waals surface area (Å²) < 4.78 is 0. The molecule has 0 spiro atoms. The minimum atomic E-state index is -2.13. The van der Waals surface area contributed by atoms with Crippen LogP contribution in [0.3, 0.4) is 0 Å². The molecule has 1 aromatic heterocycles. The lowest BCUT2D eigenvalue weighted by molar-refractivity contribution is 1.37. The van der Waals surface area contributed by atoms with Crippen LogP contribution < -0.4 is 31.8 Å². The van der Waals surface area contributed by atoms with Gasteiger partial charge in [-0.05, 0) is 41.1 Å². The van der Waals surface area contributed by atoms with Gasteiger partial charge in [0.05, 0.1) is 0 Å². The zero-order chi connectivity index (χ0) is 23.4. The van der Waals surface area contributed by atoms with Gasteiger partial charge in [0.1, 0.15) is 0 Å². The van der Waals surface area contributed by atoms with Crippen molar-refractivity contribution in [3.05, 3.63) is 140 Å². The first-order valence-electron chi connectivity index (χ1n) is 11.3. The number of nitrogens with zero attached hydrogens (tertiary/aromatic N) is 1. The van der Waals surface area contributed by atoms with Crippen molar-refractivity contribution in [2.45, 2.75) is 0 Å². The molecule has 0 saturated heterocycles. The predicted octanol–water partition coefficient (Wildman–Crippen LogP) is 4.53. The highest BCUT2D eigenvalue weighted by atomic mass is 31.2. The van der Waals surface area contributed by atoms with Gasteiger partial charge in [-0.2, -0.15) is 0 Å². The van der Waals surface area contributed by atoms with Crippen molar-refractivity contribution in [2.75, 3.05) is 0 Å². The fourth-order valence-corrected chi connectivity index (χ4v) is 10.3. The smallest absolute Gasteiger partial charge is 0.0351 e. The Hall–Kier alpha value is -3.37. The summed E-state index contributed by atoms with van der Waals surface area (Å²) in [4.78, 5) is 4.79. The lowest BCUT2D eigenvalue weighted by atomic mass is 10.4.